The minimum atomic E-state index is -0.646. The fourth-order valence-electron chi connectivity index (χ4n) is 9.88. The number of rotatable bonds is 10. The van der Waals surface area contributed by atoms with E-state index in [0.29, 0.717) is 13.0 Å². The Morgan fingerprint density at radius 2 is 1.38 bits per heavy atom. The van der Waals surface area contributed by atoms with E-state index < -0.39 is 18.2 Å². The van der Waals surface area contributed by atoms with Crippen LogP contribution in [0.1, 0.15) is 109 Å². The van der Waals surface area contributed by atoms with Crippen LogP contribution in [0, 0.1) is 17.8 Å². The number of nitrogens with one attached hydrogen (secondary N) is 2. The van der Waals surface area contributed by atoms with Crippen LogP contribution < -0.4 is 10.7 Å². The highest BCUT2D eigenvalue weighted by Crippen LogP contribution is 2.50. The van der Waals surface area contributed by atoms with Gasteiger partial charge in [-0.15, -0.1) is 0 Å². The Morgan fingerprint density at radius 1 is 0.741 bits per heavy atom. The first-order valence-electron chi connectivity index (χ1n) is 21.2. The van der Waals surface area contributed by atoms with Gasteiger partial charge in [-0.3, -0.25) is 14.6 Å². The van der Waals surface area contributed by atoms with Crippen molar-refractivity contribution in [1.29, 1.82) is 0 Å². The van der Waals surface area contributed by atoms with E-state index in [2.05, 4.69) is 59.3 Å². The van der Waals surface area contributed by atoms with Gasteiger partial charge in [0.15, 0.2) is 0 Å². The summed E-state index contributed by atoms with van der Waals surface area (Å²) in [4.78, 5) is 58.7. The maximum atomic E-state index is 13.9. The number of fused-ring (bicyclic) bond motifs is 1. The van der Waals surface area contributed by atoms with Gasteiger partial charge in [0.25, 0.3) is 0 Å². The molecule has 11 nitrogen and oxygen atoms in total. The molecule has 1 saturated heterocycles. The number of aliphatic imine (C=N–C) groups is 1. The summed E-state index contributed by atoms with van der Waals surface area (Å²) >= 11 is 0. The third kappa shape index (κ3) is 8.36. The van der Waals surface area contributed by atoms with Crippen LogP contribution in [-0.2, 0) is 19.1 Å². The van der Waals surface area contributed by atoms with Gasteiger partial charge in [-0.2, -0.15) is 0 Å². The molecule has 4 amide bonds. The average molecular weight is 790 g/mol. The molecule has 0 radical (unpaired) electrons. The van der Waals surface area contributed by atoms with Gasteiger partial charge in [0.1, 0.15) is 6.04 Å². The Balaban J connectivity index is 0.998. The van der Waals surface area contributed by atoms with Gasteiger partial charge in [-0.25, -0.2) is 20.0 Å². The molecule has 2 aromatic rings. The lowest BCUT2D eigenvalue weighted by Gasteiger charge is -2.36. The normalized spacial score (nSPS) is 22.2. The highest BCUT2D eigenvalue weighted by Gasteiger charge is 2.42. The summed E-state index contributed by atoms with van der Waals surface area (Å²) < 4.78 is 9.62. The maximum absolute atomic E-state index is 13.9. The molecule has 0 spiro atoms. The molecule has 2 N–H and O–H groups in total. The summed E-state index contributed by atoms with van der Waals surface area (Å²) in [6.07, 6.45) is 11.2. The Bertz CT molecular complexity index is 2030. The number of benzene rings is 2. The zero-order chi connectivity index (χ0) is 41.1. The van der Waals surface area contributed by atoms with Crippen LogP contribution in [0.25, 0.3) is 22.3 Å². The van der Waals surface area contributed by atoms with Crippen LogP contribution in [0.4, 0.5) is 9.59 Å². The van der Waals surface area contributed by atoms with E-state index in [1.54, 1.807) is 0 Å². The number of hydrogen-bond donors (Lipinski definition) is 2. The smallest absolute Gasteiger partial charge is 0.425 e. The second-order valence-electron chi connectivity index (χ2n) is 17.0. The first-order chi connectivity index (χ1) is 28.0. The van der Waals surface area contributed by atoms with Gasteiger partial charge >= 0.3 is 12.2 Å². The van der Waals surface area contributed by atoms with Crippen molar-refractivity contribution in [1.82, 2.24) is 20.7 Å². The summed E-state index contributed by atoms with van der Waals surface area (Å²) in [6, 6.07) is 16.8. The molecule has 0 bridgehead atoms. The van der Waals surface area contributed by atoms with Gasteiger partial charge in [-0.1, -0.05) is 75.2 Å². The second-order valence-corrected chi connectivity index (χ2v) is 17.0. The first kappa shape index (κ1) is 41.0. The number of methoxy groups -OCH3 is 2. The molecule has 0 aromatic heterocycles. The van der Waals surface area contributed by atoms with Crippen LogP contribution in [-0.4, -0.2) is 78.5 Å². The zero-order valence-corrected chi connectivity index (χ0v) is 34.9. The van der Waals surface area contributed by atoms with Crippen molar-refractivity contribution in [2.24, 2.45) is 22.7 Å². The number of likely N-dealkylation sites (tertiary alicyclic amines) is 1. The van der Waals surface area contributed by atoms with Crippen LogP contribution in [0.15, 0.2) is 76.4 Å². The van der Waals surface area contributed by atoms with E-state index in [0.717, 1.165) is 92.2 Å². The summed E-state index contributed by atoms with van der Waals surface area (Å²) in [5.74, 6) is -0.371. The Labute approximate surface area is 343 Å². The molecule has 2 aromatic carbocycles. The Morgan fingerprint density at radius 3 is 2.03 bits per heavy atom. The van der Waals surface area contributed by atoms with E-state index in [9.17, 15) is 19.2 Å². The lowest BCUT2D eigenvalue weighted by atomic mass is 9.74. The number of carbonyl (C=O) groups excluding carboxylic acids is 4. The number of allylic oxidation sites excluding steroid dienone is 4. The Kier molecular flexibility index (Phi) is 12.5. The van der Waals surface area contributed by atoms with Crippen LogP contribution in [0.5, 0.6) is 0 Å². The molecule has 1 unspecified atom stereocenters. The number of carbonyl (C=O) groups is 4. The van der Waals surface area contributed by atoms with Crippen molar-refractivity contribution in [3.05, 3.63) is 82.6 Å². The minimum absolute atomic E-state index is 0.0223. The van der Waals surface area contributed by atoms with Gasteiger partial charge in [-0.05, 0) is 121 Å². The van der Waals surface area contributed by atoms with Crippen molar-refractivity contribution in [3.63, 3.8) is 0 Å². The highest BCUT2D eigenvalue weighted by atomic mass is 16.5. The molecular formula is C47H59N5O6. The minimum Gasteiger partial charge on any atom is -0.453 e. The monoisotopic (exact) mass is 789 g/mol. The second kappa shape index (κ2) is 17.7. The molecule has 2 saturated carbocycles. The topological polar surface area (TPSA) is 130 Å². The number of alkyl carbamates (subject to hydrolysis) is 1. The van der Waals surface area contributed by atoms with Crippen LogP contribution in [0.2, 0.25) is 0 Å². The number of hydrogen-bond acceptors (Lipinski definition) is 7. The molecule has 4 atom stereocenters. The Hall–Kier alpha value is -5.19. The van der Waals surface area contributed by atoms with Crippen LogP contribution >= 0.6 is 0 Å². The lowest BCUT2D eigenvalue weighted by Crippen LogP contribution is -2.54. The molecule has 2 heterocycles. The summed E-state index contributed by atoms with van der Waals surface area (Å²) in [5.41, 5.74) is 15.2. The van der Waals surface area contributed by atoms with E-state index in [1.165, 1.54) is 47.1 Å². The molecule has 11 heteroatoms. The first-order valence-corrected chi connectivity index (χ1v) is 21.2. The van der Waals surface area contributed by atoms with Gasteiger partial charge in [0.05, 0.1) is 20.3 Å². The number of nitrogens with zero attached hydrogens (tertiary/aromatic N) is 3. The SMILES string of the molecule is COC(=O)N[C@H](C(=O)N1CCC[C@H]1C1=C2CCCC2=C(c2ccc(-c3ccc(C4=CN=C([C@@H]5CCCCC5C(=O)N(NC(=O)OC)C(C)C)C4)cc3)cc2)C1)C(C)C. The fraction of sp³-hybridized carbons (Fsp3) is 0.511. The number of hydrazine groups is 1. The third-order valence-corrected chi connectivity index (χ3v) is 12.9. The molecule has 3 aliphatic carbocycles. The molecule has 3 fully saturated rings. The largest absolute Gasteiger partial charge is 0.453 e. The van der Waals surface area contributed by atoms with Crippen molar-refractivity contribution >= 4 is 40.9 Å². The third-order valence-electron chi connectivity index (χ3n) is 12.9. The molecular weight excluding hydrogens is 731 g/mol. The fourth-order valence-corrected chi connectivity index (χ4v) is 9.88. The molecule has 58 heavy (non-hydrogen) atoms. The summed E-state index contributed by atoms with van der Waals surface area (Å²) in [5, 5.41) is 4.21. The van der Waals surface area contributed by atoms with Crippen molar-refractivity contribution in [3.8, 4) is 11.1 Å². The van der Waals surface area contributed by atoms with Crippen LogP contribution in [0.3, 0.4) is 0 Å². The molecule has 308 valence electrons. The summed E-state index contributed by atoms with van der Waals surface area (Å²) in [7, 11) is 2.63. The quantitative estimate of drug-likeness (QED) is 0.232. The van der Waals surface area contributed by atoms with E-state index in [4.69, 9.17) is 14.5 Å². The van der Waals surface area contributed by atoms with Crippen molar-refractivity contribution in [2.75, 3.05) is 20.8 Å². The average Bonchev–Trinajstić information content (AvgIpc) is 4.07. The van der Waals surface area contributed by atoms with E-state index in [-0.39, 0.29) is 41.7 Å². The molecule has 7 rings (SSSR count). The van der Waals surface area contributed by atoms with E-state index in [1.807, 2.05) is 38.8 Å². The predicted octanol–water partition coefficient (Wildman–Crippen LogP) is 8.86. The molecule has 5 aliphatic rings. The van der Waals surface area contributed by atoms with Gasteiger partial charge < -0.3 is 19.7 Å². The molecule has 2 aliphatic heterocycles. The lowest BCUT2D eigenvalue weighted by molar-refractivity contribution is -0.142. The van der Waals surface area contributed by atoms with Gasteiger partial charge in [0.2, 0.25) is 11.8 Å². The number of ether oxygens (including phenoxy) is 2. The highest BCUT2D eigenvalue weighted by molar-refractivity contribution is 6.02. The van der Waals surface area contributed by atoms with Gasteiger partial charge in [0, 0.05) is 42.8 Å². The summed E-state index contributed by atoms with van der Waals surface area (Å²) in [6.45, 7) is 8.39. The van der Waals surface area contributed by atoms with Crippen molar-refractivity contribution < 1.29 is 28.7 Å². The zero-order valence-electron chi connectivity index (χ0n) is 34.9. The standard InChI is InChI=1S/C47H59N5O6/c1-28(2)43(49-46(55)57-5)45(54)51-24-10-15-42(51)40-26-39(35-13-9-14-36(35)40)33-22-20-31(21-23-33)30-16-18-32(19-17-30)34-25-41(48-27-34)37-11-7-8-12-38(37)44(53)52(29(3)4)50-47(56)58-6/h16-23,27-29,37-38,42-43H,7-15,24-26H2,1-6H3,(H,49,55)(H,50,56)/t37-,38?,42+,43+/m1/s1. The predicted molar refractivity (Wildman–Crippen MR) is 226 cm³/mol. The van der Waals surface area contributed by atoms with Crippen molar-refractivity contribution in [2.45, 2.75) is 116 Å². The van der Waals surface area contributed by atoms with E-state index >= 15 is 0 Å². The maximum Gasteiger partial charge on any atom is 0.425 e. The number of amides is 4.